The van der Waals surface area contributed by atoms with E-state index >= 15 is 0 Å². The number of amides is 4. The van der Waals surface area contributed by atoms with Crippen molar-refractivity contribution >= 4 is 29.2 Å². The smallest absolute Gasteiger partial charge is 0.319 e. The molecule has 0 spiro atoms. The largest absolute Gasteiger partial charge is 0.327 e. The first-order valence-electron chi connectivity index (χ1n) is 6.82. The summed E-state index contributed by atoms with van der Waals surface area (Å²) in [7, 11) is 1.45. The van der Waals surface area contributed by atoms with Gasteiger partial charge < -0.3 is 10.2 Å². The number of likely N-dealkylation sites (N-methyl/N-ethyl adjacent to an activating group) is 1. The molecule has 4 amide bonds. The van der Waals surface area contributed by atoms with Gasteiger partial charge in [-0.15, -0.1) is 0 Å². The Morgan fingerprint density at radius 2 is 2.00 bits per heavy atom. The predicted octanol–water partition coefficient (Wildman–Crippen LogP) is 1.04. The Bertz CT molecular complexity index is 715. The summed E-state index contributed by atoms with van der Waals surface area (Å²) in [6.45, 7) is 2.84. The maximum absolute atomic E-state index is 12.1. The third kappa shape index (κ3) is 3.12. The molecule has 0 atom stereocenters. The first-order valence-corrected chi connectivity index (χ1v) is 6.82. The Hall–Kier alpha value is -2.97. The number of carbonyl (C=O) groups excluding carboxylic acids is 3. The van der Waals surface area contributed by atoms with Gasteiger partial charge in [-0.2, -0.15) is 0 Å². The van der Waals surface area contributed by atoms with Crippen molar-refractivity contribution in [1.29, 1.82) is 0 Å². The fourth-order valence-electron chi connectivity index (χ4n) is 2.26. The van der Waals surface area contributed by atoms with Crippen molar-refractivity contribution in [3.05, 3.63) is 33.4 Å². The second-order valence-electron chi connectivity index (χ2n) is 5.33. The van der Waals surface area contributed by atoms with Gasteiger partial charge in [-0.05, 0) is 25.0 Å². The molecule has 1 saturated heterocycles. The molecule has 0 aliphatic carbocycles. The minimum Gasteiger partial charge on any atom is -0.319 e. The fourth-order valence-corrected chi connectivity index (χ4v) is 2.26. The maximum Gasteiger partial charge on any atom is 0.327 e. The van der Waals surface area contributed by atoms with Gasteiger partial charge in [-0.3, -0.25) is 24.6 Å². The van der Waals surface area contributed by atoms with Crippen molar-refractivity contribution in [2.75, 3.05) is 25.5 Å². The van der Waals surface area contributed by atoms with Crippen molar-refractivity contribution in [3.63, 3.8) is 0 Å². The molecular weight excluding hydrogens is 304 g/mol. The third-order valence-electron chi connectivity index (χ3n) is 3.71. The molecule has 1 fully saturated rings. The molecule has 0 unspecified atom stereocenters. The topological polar surface area (TPSA) is 113 Å². The summed E-state index contributed by atoms with van der Waals surface area (Å²) in [4.78, 5) is 48.0. The van der Waals surface area contributed by atoms with Crippen LogP contribution in [-0.2, 0) is 9.59 Å². The molecule has 0 radical (unpaired) electrons. The standard InChI is InChI=1S/C14H16N4O5/c1-8-4-5-10(18(22)23)13(9(8)2)15-11(19)6-17-12(20)7-16(3)14(17)21/h4-5H,6-7H2,1-3H3,(H,15,19). The van der Waals surface area contributed by atoms with E-state index in [1.54, 1.807) is 19.9 Å². The zero-order valence-electron chi connectivity index (χ0n) is 13.0. The summed E-state index contributed by atoms with van der Waals surface area (Å²) in [5.74, 6) is -1.15. The van der Waals surface area contributed by atoms with Gasteiger partial charge in [0.05, 0.1) is 4.92 Å². The van der Waals surface area contributed by atoms with Crippen LogP contribution in [0.5, 0.6) is 0 Å². The summed E-state index contributed by atoms with van der Waals surface area (Å²) >= 11 is 0. The van der Waals surface area contributed by atoms with Crippen LogP contribution in [0.15, 0.2) is 12.1 Å². The summed E-state index contributed by atoms with van der Waals surface area (Å²) in [5.41, 5.74) is 1.17. The van der Waals surface area contributed by atoms with Crippen LogP contribution in [0.3, 0.4) is 0 Å². The Morgan fingerprint density at radius 3 is 2.52 bits per heavy atom. The lowest BCUT2D eigenvalue weighted by Crippen LogP contribution is -2.38. The normalized spacial score (nSPS) is 14.4. The number of hydrogen-bond acceptors (Lipinski definition) is 5. The minimum absolute atomic E-state index is 0.0763. The van der Waals surface area contributed by atoms with Gasteiger partial charge in [0.2, 0.25) is 5.91 Å². The number of benzene rings is 1. The third-order valence-corrected chi connectivity index (χ3v) is 3.71. The minimum atomic E-state index is -0.668. The van der Waals surface area contributed by atoms with Gasteiger partial charge in [-0.25, -0.2) is 4.79 Å². The Balaban J connectivity index is 2.21. The number of rotatable bonds is 4. The molecule has 0 bridgehead atoms. The molecule has 1 N–H and O–H groups in total. The quantitative estimate of drug-likeness (QED) is 0.506. The molecule has 1 aromatic rings. The maximum atomic E-state index is 12.1. The van der Waals surface area contributed by atoms with Gasteiger partial charge in [-0.1, -0.05) is 6.07 Å². The number of nitrogens with one attached hydrogen (secondary N) is 1. The van der Waals surface area contributed by atoms with Crippen LogP contribution in [0.25, 0.3) is 0 Å². The lowest BCUT2D eigenvalue weighted by atomic mass is 10.1. The zero-order chi connectivity index (χ0) is 17.3. The van der Waals surface area contributed by atoms with E-state index in [0.717, 1.165) is 10.5 Å². The van der Waals surface area contributed by atoms with Crippen LogP contribution in [0.4, 0.5) is 16.2 Å². The van der Waals surface area contributed by atoms with Crippen LogP contribution < -0.4 is 5.32 Å². The first-order chi connectivity index (χ1) is 10.7. The van der Waals surface area contributed by atoms with Gasteiger partial charge in [0.15, 0.2) is 0 Å². The van der Waals surface area contributed by atoms with E-state index in [1.165, 1.54) is 18.0 Å². The van der Waals surface area contributed by atoms with Gasteiger partial charge >= 0.3 is 6.03 Å². The number of imide groups is 1. The highest BCUT2D eigenvalue weighted by atomic mass is 16.6. The lowest BCUT2D eigenvalue weighted by Gasteiger charge is -2.15. The number of nitro benzene ring substituents is 1. The first kappa shape index (κ1) is 16.4. The van der Waals surface area contributed by atoms with Crippen LogP contribution in [0.1, 0.15) is 11.1 Å². The monoisotopic (exact) mass is 320 g/mol. The number of carbonyl (C=O) groups is 3. The number of anilines is 1. The Morgan fingerprint density at radius 1 is 1.35 bits per heavy atom. The highest BCUT2D eigenvalue weighted by molar-refractivity contribution is 6.06. The Kier molecular flexibility index (Phi) is 4.30. The molecule has 1 aliphatic rings. The van der Waals surface area contributed by atoms with Crippen LogP contribution in [0, 0.1) is 24.0 Å². The second kappa shape index (κ2) is 6.03. The molecule has 1 heterocycles. The van der Waals surface area contributed by atoms with Gasteiger partial charge in [0, 0.05) is 13.1 Å². The number of aryl methyl sites for hydroxylation is 1. The molecule has 9 nitrogen and oxygen atoms in total. The summed E-state index contributed by atoms with van der Waals surface area (Å²) < 4.78 is 0. The summed E-state index contributed by atoms with van der Waals surface area (Å²) in [6.07, 6.45) is 0. The van der Waals surface area contributed by atoms with Crippen LogP contribution >= 0.6 is 0 Å². The highest BCUT2D eigenvalue weighted by Crippen LogP contribution is 2.30. The Labute approximate surface area is 132 Å². The van der Waals surface area contributed by atoms with Gasteiger partial charge in [0.25, 0.3) is 11.6 Å². The number of nitro groups is 1. The number of urea groups is 1. The number of hydrogen-bond donors (Lipinski definition) is 1. The average molecular weight is 320 g/mol. The molecule has 23 heavy (non-hydrogen) atoms. The van der Waals surface area contributed by atoms with Crippen molar-refractivity contribution in [2.24, 2.45) is 0 Å². The van der Waals surface area contributed by atoms with E-state index in [9.17, 15) is 24.5 Å². The number of nitrogens with zero attached hydrogens (tertiary/aromatic N) is 3. The van der Waals surface area contributed by atoms with Crippen molar-refractivity contribution < 1.29 is 19.3 Å². The van der Waals surface area contributed by atoms with E-state index in [-0.39, 0.29) is 17.9 Å². The van der Waals surface area contributed by atoms with E-state index in [1.807, 2.05) is 0 Å². The van der Waals surface area contributed by atoms with Crippen molar-refractivity contribution in [2.45, 2.75) is 13.8 Å². The van der Waals surface area contributed by atoms with Crippen LogP contribution in [0.2, 0.25) is 0 Å². The highest BCUT2D eigenvalue weighted by Gasteiger charge is 2.35. The predicted molar refractivity (Wildman–Crippen MR) is 80.9 cm³/mol. The zero-order valence-corrected chi connectivity index (χ0v) is 13.0. The van der Waals surface area contributed by atoms with E-state index < -0.39 is 29.3 Å². The van der Waals surface area contributed by atoms with Gasteiger partial charge in [0.1, 0.15) is 18.8 Å². The lowest BCUT2D eigenvalue weighted by molar-refractivity contribution is -0.384. The fraction of sp³-hybridized carbons (Fsp3) is 0.357. The molecule has 1 aromatic carbocycles. The van der Waals surface area contributed by atoms with E-state index in [4.69, 9.17) is 0 Å². The van der Waals surface area contributed by atoms with Crippen LogP contribution in [-0.4, -0.2) is 52.7 Å². The van der Waals surface area contributed by atoms with E-state index in [2.05, 4.69) is 5.32 Å². The van der Waals surface area contributed by atoms with E-state index in [0.29, 0.717) is 5.56 Å². The summed E-state index contributed by atoms with van der Waals surface area (Å²) in [5, 5.41) is 13.5. The average Bonchev–Trinajstić information content (AvgIpc) is 2.70. The molecule has 2 rings (SSSR count). The SMILES string of the molecule is Cc1ccc([N+](=O)[O-])c(NC(=O)CN2C(=O)CN(C)C2=O)c1C. The molecule has 122 valence electrons. The molecule has 0 aromatic heterocycles. The molecule has 0 saturated carbocycles. The summed E-state index contributed by atoms with van der Waals surface area (Å²) in [6, 6.07) is 2.32. The second-order valence-corrected chi connectivity index (χ2v) is 5.33. The van der Waals surface area contributed by atoms with Crippen molar-refractivity contribution in [3.8, 4) is 0 Å². The molecular formula is C14H16N4O5. The molecule has 1 aliphatic heterocycles. The molecule has 9 heteroatoms. The van der Waals surface area contributed by atoms with Crippen molar-refractivity contribution in [1.82, 2.24) is 9.80 Å².